The fourth-order valence-electron chi connectivity index (χ4n) is 3.43. The highest BCUT2D eigenvalue weighted by atomic mass is 35.5. The van der Waals surface area contributed by atoms with Gasteiger partial charge in [0, 0.05) is 35.7 Å². The minimum Gasteiger partial charge on any atom is -0.481 e. The molecule has 0 aromatic heterocycles. The number of hydrogen-bond acceptors (Lipinski definition) is 3. The number of carboxylic acids is 1. The summed E-state index contributed by atoms with van der Waals surface area (Å²) in [5, 5.41) is 10.6. The van der Waals surface area contributed by atoms with Gasteiger partial charge in [-0.1, -0.05) is 29.3 Å². The van der Waals surface area contributed by atoms with Crippen molar-refractivity contribution in [2.75, 3.05) is 26.3 Å². The predicted octanol–water partition coefficient (Wildman–Crippen LogP) is 2.49. The Morgan fingerprint density at radius 1 is 1.39 bits per heavy atom. The van der Waals surface area contributed by atoms with Gasteiger partial charge in [-0.25, -0.2) is 0 Å². The number of likely N-dealkylation sites (tertiary alicyclic amines) is 1. The third kappa shape index (κ3) is 3.05. The zero-order valence-corrected chi connectivity index (χ0v) is 13.9. The van der Waals surface area contributed by atoms with Crippen LogP contribution >= 0.6 is 23.2 Å². The number of fused-ring (bicyclic) bond motifs is 1. The summed E-state index contributed by atoms with van der Waals surface area (Å²) in [6.45, 7) is 1.46. The molecule has 124 valence electrons. The van der Waals surface area contributed by atoms with E-state index in [2.05, 4.69) is 0 Å². The molecule has 2 atom stereocenters. The second-order valence-electron chi connectivity index (χ2n) is 6.17. The number of amides is 1. The van der Waals surface area contributed by atoms with Gasteiger partial charge < -0.3 is 14.7 Å². The monoisotopic (exact) mass is 357 g/mol. The molecule has 1 aromatic rings. The fourth-order valence-corrected chi connectivity index (χ4v) is 3.90. The van der Waals surface area contributed by atoms with E-state index >= 15 is 0 Å². The molecule has 1 aromatic carbocycles. The van der Waals surface area contributed by atoms with Crippen LogP contribution in [0.5, 0.6) is 0 Å². The van der Waals surface area contributed by atoms with Crippen LogP contribution in [0.4, 0.5) is 0 Å². The molecule has 0 saturated carbocycles. The van der Waals surface area contributed by atoms with Gasteiger partial charge in [-0.2, -0.15) is 0 Å². The average molecular weight is 358 g/mol. The standard InChI is InChI=1S/C16H17Cl2NO4/c17-12-2-1-10(13(18)6-12)5-14(20)19-7-11-8-23-4-3-16(11,9-19)15(21)22/h1-2,6,11H,3-5,7-9H2,(H,21,22)/t11-,16+/m0/s1. The van der Waals surface area contributed by atoms with E-state index in [1.807, 2.05) is 0 Å². The van der Waals surface area contributed by atoms with Crippen LogP contribution in [-0.4, -0.2) is 48.2 Å². The maximum absolute atomic E-state index is 12.6. The van der Waals surface area contributed by atoms with Crippen molar-refractivity contribution in [3.63, 3.8) is 0 Å². The zero-order chi connectivity index (χ0) is 16.6. The van der Waals surface area contributed by atoms with E-state index in [1.54, 1.807) is 23.1 Å². The summed E-state index contributed by atoms with van der Waals surface area (Å²) in [5.74, 6) is -1.12. The van der Waals surface area contributed by atoms with Crippen molar-refractivity contribution in [3.05, 3.63) is 33.8 Å². The molecule has 2 fully saturated rings. The molecular weight excluding hydrogens is 341 g/mol. The average Bonchev–Trinajstić information content (AvgIpc) is 2.91. The number of carboxylic acid groups (broad SMARTS) is 1. The number of carbonyl (C=O) groups excluding carboxylic acids is 1. The molecule has 5 nitrogen and oxygen atoms in total. The number of hydrogen-bond donors (Lipinski definition) is 1. The van der Waals surface area contributed by atoms with Crippen LogP contribution in [0.15, 0.2) is 18.2 Å². The highest BCUT2D eigenvalue weighted by Crippen LogP contribution is 2.42. The molecule has 0 spiro atoms. The SMILES string of the molecule is O=C(Cc1ccc(Cl)cc1Cl)N1C[C@H]2COCC[C@@]2(C(=O)O)C1. The van der Waals surface area contributed by atoms with Gasteiger partial charge in [0.05, 0.1) is 18.4 Å². The third-order valence-electron chi connectivity index (χ3n) is 4.84. The molecule has 2 aliphatic heterocycles. The Morgan fingerprint density at radius 2 is 2.17 bits per heavy atom. The molecule has 2 aliphatic rings. The van der Waals surface area contributed by atoms with Crippen LogP contribution in [0.25, 0.3) is 0 Å². The second-order valence-corrected chi connectivity index (χ2v) is 7.01. The minimum atomic E-state index is -0.877. The van der Waals surface area contributed by atoms with Gasteiger partial charge in [-0.3, -0.25) is 9.59 Å². The predicted molar refractivity (Wildman–Crippen MR) is 85.7 cm³/mol. The Bertz CT molecular complexity index is 651. The van der Waals surface area contributed by atoms with E-state index in [1.165, 1.54) is 0 Å². The number of ether oxygens (including phenoxy) is 1. The molecule has 0 unspecified atom stereocenters. The summed E-state index contributed by atoms with van der Waals surface area (Å²) >= 11 is 12.0. The summed E-state index contributed by atoms with van der Waals surface area (Å²) in [5.41, 5.74) is -0.186. The van der Waals surface area contributed by atoms with Crippen LogP contribution in [0.2, 0.25) is 10.0 Å². The molecule has 3 rings (SSSR count). The third-order valence-corrected chi connectivity index (χ3v) is 5.43. The quantitative estimate of drug-likeness (QED) is 0.902. The summed E-state index contributed by atoms with van der Waals surface area (Å²) < 4.78 is 5.40. The Hall–Kier alpha value is -1.30. The summed E-state index contributed by atoms with van der Waals surface area (Å²) in [7, 11) is 0. The Kier molecular flexibility index (Phi) is 4.54. The van der Waals surface area contributed by atoms with Crippen molar-refractivity contribution in [3.8, 4) is 0 Å². The molecule has 0 radical (unpaired) electrons. The number of halogens is 2. The van der Waals surface area contributed by atoms with Gasteiger partial charge in [0.1, 0.15) is 0 Å². The fraction of sp³-hybridized carbons (Fsp3) is 0.500. The normalized spacial score (nSPS) is 26.9. The minimum absolute atomic E-state index is 0.121. The van der Waals surface area contributed by atoms with Crippen LogP contribution in [0, 0.1) is 11.3 Å². The first-order valence-corrected chi connectivity index (χ1v) is 8.21. The van der Waals surface area contributed by atoms with E-state index in [0.29, 0.717) is 41.8 Å². The Balaban J connectivity index is 1.75. The molecule has 7 heteroatoms. The molecular formula is C16H17Cl2NO4. The number of aliphatic carboxylic acids is 1. The van der Waals surface area contributed by atoms with Gasteiger partial charge in [0.15, 0.2) is 0 Å². The second kappa shape index (κ2) is 6.30. The van der Waals surface area contributed by atoms with Crippen molar-refractivity contribution in [1.82, 2.24) is 4.90 Å². The lowest BCUT2D eigenvalue weighted by molar-refractivity contribution is -0.157. The smallest absolute Gasteiger partial charge is 0.311 e. The summed E-state index contributed by atoms with van der Waals surface area (Å²) in [6, 6.07) is 5.01. The lowest BCUT2D eigenvalue weighted by Gasteiger charge is -2.33. The lowest BCUT2D eigenvalue weighted by atomic mass is 9.74. The Morgan fingerprint density at radius 3 is 2.83 bits per heavy atom. The first-order valence-electron chi connectivity index (χ1n) is 7.45. The largest absolute Gasteiger partial charge is 0.481 e. The van der Waals surface area contributed by atoms with Gasteiger partial charge in [0.25, 0.3) is 0 Å². The molecule has 0 bridgehead atoms. The first kappa shape index (κ1) is 16.6. The van der Waals surface area contributed by atoms with E-state index in [9.17, 15) is 14.7 Å². The molecule has 23 heavy (non-hydrogen) atoms. The number of nitrogens with zero attached hydrogens (tertiary/aromatic N) is 1. The van der Waals surface area contributed by atoms with Crippen molar-refractivity contribution in [2.45, 2.75) is 12.8 Å². The zero-order valence-electron chi connectivity index (χ0n) is 12.4. The molecule has 1 N–H and O–H groups in total. The topological polar surface area (TPSA) is 66.8 Å². The molecule has 1 amide bonds. The van der Waals surface area contributed by atoms with Crippen molar-refractivity contribution >= 4 is 35.1 Å². The first-order chi connectivity index (χ1) is 10.9. The van der Waals surface area contributed by atoms with E-state index in [4.69, 9.17) is 27.9 Å². The van der Waals surface area contributed by atoms with Crippen LogP contribution in [0.1, 0.15) is 12.0 Å². The van der Waals surface area contributed by atoms with Crippen molar-refractivity contribution < 1.29 is 19.4 Å². The van der Waals surface area contributed by atoms with Gasteiger partial charge in [-0.05, 0) is 24.1 Å². The van der Waals surface area contributed by atoms with E-state index in [-0.39, 0.29) is 24.8 Å². The molecule has 2 saturated heterocycles. The van der Waals surface area contributed by atoms with E-state index < -0.39 is 11.4 Å². The maximum atomic E-state index is 12.6. The highest BCUT2D eigenvalue weighted by Gasteiger charge is 2.54. The van der Waals surface area contributed by atoms with Crippen LogP contribution in [0.3, 0.4) is 0 Å². The maximum Gasteiger partial charge on any atom is 0.311 e. The molecule has 0 aliphatic carbocycles. The summed E-state index contributed by atoms with van der Waals surface area (Å²) in [6.07, 6.45) is 0.581. The van der Waals surface area contributed by atoms with Crippen LogP contribution in [-0.2, 0) is 20.7 Å². The Labute approximate surface area is 144 Å². The lowest BCUT2D eigenvalue weighted by Crippen LogP contribution is -2.45. The van der Waals surface area contributed by atoms with E-state index in [0.717, 1.165) is 0 Å². The number of benzene rings is 1. The summed E-state index contributed by atoms with van der Waals surface area (Å²) in [4.78, 5) is 25.9. The number of rotatable bonds is 3. The van der Waals surface area contributed by atoms with Crippen molar-refractivity contribution in [1.29, 1.82) is 0 Å². The molecule has 2 heterocycles. The van der Waals surface area contributed by atoms with Gasteiger partial charge in [-0.15, -0.1) is 0 Å². The van der Waals surface area contributed by atoms with Crippen LogP contribution < -0.4 is 0 Å². The number of carbonyl (C=O) groups is 2. The van der Waals surface area contributed by atoms with Crippen molar-refractivity contribution in [2.24, 2.45) is 11.3 Å². The highest BCUT2D eigenvalue weighted by molar-refractivity contribution is 6.35. The van der Waals surface area contributed by atoms with Gasteiger partial charge >= 0.3 is 5.97 Å². The van der Waals surface area contributed by atoms with Gasteiger partial charge in [0.2, 0.25) is 5.91 Å².